The molecule has 0 radical (unpaired) electrons. The maximum absolute atomic E-state index is 12.8. The number of hydrogen-bond acceptors (Lipinski definition) is 4. The summed E-state index contributed by atoms with van der Waals surface area (Å²) in [5.41, 5.74) is 2.42. The smallest absolute Gasteiger partial charge is 0.381 e. The predicted octanol–water partition coefficient (Wildman–Crippen LogP) is 5.22. The molecule has 30 heavy (non-hydrogen) atoms. The summed E-state index contributed by atoms with van der Waals surface area (Å²) in [4.78, 5) is 4.06. The van der Waals surface area contributed by atoms with Crippen LogP contribution in [-0.2, 0) is 11.2 Å². The van der Waals surface area contributed by atoms with Gasteiger partial charge < -0.3 is 14.5 Å². The van der Waals surface area contributed by atoms with Gasteiger partial charge in [0.25, 0.3) is 0 Å². The molecule has 9 heteroatoms. The van der Waals surface area contributed by atoms with Crippen LogP contribution in [0.1, 0.15) is 24.1 Å². The number of aromatic nitrogens is 2. The second-order valence-electron chi connectivity index (χ2n) is 7.18. The van der Waals surface area contributed by atoms with Gasteiger partial charge in [-0.15, -0.1) is 0 Å². The quantitative estimate of drug-likeness (QED) is 0.611. The first kappa shape index (κ1) is 20.5. The van der Waals surface area contributed by atoms with E-state index in [9.17, 15) is 18.4 Å². The molecule has 1 aromatic carbocycles. The molecule has 0 aliphatic carbocycles. The average molecular weight is 435 g/mol. The zero-order chi connectivity index (χ0) is 21.3. The first-order chi connectivity index (χ1) is 14.4. The van der Waals surface area contributed by atoms with Crippen LogP contribution in [0.5, 0.6) is 0 Å². The first-order valence-electron chi connectivity index (χ1n) is 9.46. The number of nitrogens with one attached hydrogen (secondary N) is 1. The van der Waals surface area contributed by atoms with E-state index in [2.05, 4.69) is 16.4 Å². The number of fused-ring (bicyclic) bond motifs is 1. The summed E-state index contributed by atoms with van der Waals surface area (Å²) in [6.07, 6.45) is -1.02. The molecule has 4 rings (SSSR count). The molecule has 0 atom stereocenters. The molecule has 3 heterocycles. The summed E-state index contributed by atoms with van der Waals surface area (Å²) in [7, 11) is 0. The molecule has 1 N–H and O–H groups in total. The van der Waals surface area contributed by atoms with Crippen molar-refractivity contribution in [3.8, 4) is 17.2 Å². The average Bonchev–Trinajstić information content (AvgIpc) is 3.11. The fourth-order valence-corrected chi connectivity index (χ4v) is 3.88. The summed E-state index contributed by atoms with van der Waals surface area (Å²) in [5.74, 6) is 0. The molecule has 1 fully saturated rings. The molecule has 0 spiro atoms. The molecule has 2 aromatic heterocycles. The Kier molecular flexibility index (Phi) is 5.58. The fraction of sp³-hybridized carbons (Fsp3) is 0.333. The van der Waals surface area contributed by atoms with E-state index in [4.69, 9.17) is 16.3 Å². The minimum Gasteiger partial charge on any atom is -0.381 e. The Bertz CT molecular complexity index is 1110. The third-order valence-electron chi connectivity index (χ3n) is 5.11. The first-order valence-corrected chi connectivity index (χ1v) is 9.83. The van der Waals surface area contributed by atoms with Crippen molar-refractivity contribution in [3.63, 3.8) is 0 Å². The minimum absolute atomic E-state index is 0.0189. The standard InChI is InChI=1S/C21H18ClF3N4O/c22-18-9-13(1-2-19(18)28-14-4-7-30-8-5-14)16-3-6-29-15(10-21(23,24)25)12-27-20(29)17(16)11-26/h1-3,6,9,12,14,28H,4-5,7-8,10H2. The van der Waals surface area contributed by atoms with E-state index in [1.165, 1.54) is 10.6 Å². The third-order valence-corrected chi connectivity index (χ3v) is 5.42. The van der Waals surface area contributed by atoms with Crippen molar-refractivity contribution in [3.05, 3.63) is 52.9 Å². The summed E-state index contributed by atoms with van der Waals surface area (Å²) < 4.78 is 45.0. The number of rotatable bonds is 4. The molecule has 1 saturated heterocycles. The van der Waals surface area contributed by atoms with Gasteiger partial charge in [-0.1, -0.05) is 17.7 Å². The van der Waals surface area contributed by atoms with Gasteiger partial charge in [0.15, 0.2) is 5.65 Å². The van der Waals surface area contributed by atoms with Gasteiger partial charge in [0, 0.05) is 37.2 Å². The van der Waals surface area contributed by atoms with Crippen LogP contribution in [0.4, 0.5) is 18.9 Å². The lowest BCUT2D eigenvalue weighted by Crippen LogP contribution is -2.27. The lowest BCUT2D eigenvalue weighted by atomic mass is 10.0. The highest BCUT2D eigenvalue weighted by Gasteiger charge is 2.30. The van der Waals surface area contributed by atoms with Gasteiger partial charge >= 0.3 is 6.18 Å². The van der Waals surface area contributed by atoms with Crippen LogP contribution >= 0.6 is 11.6 Å². The van der Waals surface area contributed by atoms with Crippen molar-refractivity contribution in [2.75, 3.05) is 18.5 Å². The van der Waals surface area contributed by atoms with Crippen LogP contribution in [0, 0.1) is 11.3 Å². The zero-order valence-corrected chi connectivity index (χ0v) is 16.6. The maximum atomic E-state index is 12.8. The van der Waals surface area contributed by atoms with Gasteiger partial charge in [0.1, 0.15) is 11.6 Å². The SMILES string of the molecule is N#Cc1c(-c2ccc(NC3CCOCC3)c(Cl)c2)ccn2c(CC(F)(F)F)cnc12. The predicted molar refractivity (Wildman–Crippen MR) is 108 cm³/mol. The van der Waals surface area contributed by atoms with Crippen LogP contribution < -0.4 is 5.32 Å². The topological polar surface area (TPSA) is 62.3 Å². The zero-order valence-electron chi connectivity index (χ0n) is 15.8. The van der Waals surface area contributed by atoms with Gasteiger partial charge in [0.05, 0.1) is 22.8 Å². The summed E-state index contributed by atoms with van der Waals surface area (Å²) in [5, 5.41) is 13.6. The Labute approximate surface area is 176 Å². The van der Waals surface area contributed by atoms with E-state index in [1.54, 1.807) is 12.1 Å². The van der Waals surface area contributed by atoms with E-state index in [1.807, 2.05) is 12.1 Å². The molecule has 5 nitrogen and oxygen atoms in total. The van der Waals surface area contributed by atoms with Crippen molar-refractivity contribution in [1.82, 2.24) is 9.38 Å². The summed E-state index contributed by atoms with van der Waals surface area (Å²) >= 11 is 6.47. The lowest BCUT2D eigenvalue weighted by molar-refractivity contribution is -0.127. The number of nitriles is 1. The number of alkyl halides is 3. The third kappa shape index (κ3) is 4.23. The van der Waals surface area contributed by atoms with Crippen molar-refractivity contribution < 1.29 is 17.9 Å². The molecular weight excluding hydrogens is 417 g/mol. The van der Waals surface area contributed by atoms with Crippen LogP contribution in [0.2, 0.25) is 5.02 Å². The van der Waals surface area contributed by atoms with Gasteiger partial charge in [-0.2, -0.15) is 18.4 Å². The van der Waals surface area contributed by atoms with E-state index < -0.39 is 12.6 Å². The number of halogens is 4. The van der Waals surface area contributed by atoms with Crippen LogP contribution in [0.25, 0.3) is 16.8 Å². The van der Waals surface area contributed by atoms with Crippen molar-refractivity contribution in [1.29, 1.82) is 5.26 Å². The van der Waals surface area contributed by atoms with E-state index >= 15 is 0 Å². The van der Waals surface area contributed by atoms with E-state index in [0.717, 1.165) is 24.7 Å². The normalized spacial score (nSPS) is 15.3. The Morgan fingerprint density at radius 2 is 2.03 bits per heavy atom. The fourth-order valence-electron chi connectivity index (χ4n) is 3.65. The van der Waals surface area contributed by atoms with Gasteiger partial charge in [-0.25, -0.2) is 4.98 Å². The number of hydrogen-bond donors (Lipinski definition) is 1. The number of imidazole rings is 1. The Morgan fingerprint density at radius 3 is 2.70 bits per heavy atom. The molecule has 156 valence electrons. The highest BCUT2D eigenvalue weighted by atomic mass is 35.5. The van der Waals surface area contributed by atoms with Crippen LogP contribution in [0.3, 0.4) is 0 Å². The largest absolute Gasteiger partial charge is 0.394 e. The van der Waals surface area contributed by atoms with E-state index in [-0.39, 0.29) is 22.9 Å². The molecule has 0 saturated carbocycles. The van der Waals surface area contributed by atoms with E-state index in [0.29, 0.717) is 29.4 Å². The molecule has 0 bridgehead atoms. The molecule has 0 amide bonds. The second-order valence-corrected chi connectivity index (χ2v) is 7.58. The number of benzene rings is 1. The monoisotopic (exact) mass is 434 g/mol. The summed E-state index contributed by atoms with van der Waals surface area (Å²) in [6, 6.07) is 9.40. The van der Waals surface area contributed by atoms with Gasteiger partial charge in [0.2, 0.25) is 0 Å². The highest BCUT2D eigenvalue weighted by Crippen LogP contribution is 2.33. The molecular formula is C21H18ClF3N4O. The van der Waals surface area contributed by atoms with Crippen LogP contribution in [0.15, 0.2) is 36.7 Å². The van der Waals surface area contributed by atoms with Gasteiger partial charge in [-0.05, 0) is 36.6 Å². The summed E-state index contributed by atoms with van der Waals surface area (Å²) in [6.45, 7) is 1.42. The van der Waals surface area contributed by atoms with Crippen molar-refractivity contribution >= 4 is 22.9 Å². The minimum atomic E-state index is -4.36. The van der Waals surface area contributed by atoms with Crippen molar-refractivity contribution in [2.24, 2.45) is 0 Å². The van der Waals surface area contributed by atoms with Crippen LogP contribution in [-0.4, -0.2) is 34.8 Å². The Morgan fingerprint density at radius 1 is 1.27 bits per heavy atom. The Balaban J connectivity index is 1.67. The maximum Gasteiger partial charge on any atom is 0.394 e. The number of nitrogens with zero attached hydrogens (tertiary/aromatic N) is 3. The molecule has 1 aliphatic rings. The second kappa shape index (κ2) is 8.17. The van der Waals surface area contributed by atoms with Crippen molar-refractivity contribution in [2.45, 2.75) is 31.5 Å². The Hall–Kier alpha value is -2.76. The molecule has 0 unspecified atom stereocenters. The number of ether oxygens (including phenoxy) is 1. The molecule has 1 aliphatic heterocycles. The number of anilines is 1. The lowest BCUT2D eigenvalue weighted by Gasteiger charge is -2.24. The molecule has 3 aromatic rings. The highest BCUT2D eigenvalue weighted by molar-refractivity contribution is 6.33. The van der Waals surface area contributed by atoms with Gasteiger partial charge in [-0.3, -0.25) is 0 Å². The number of pyridine rings is 1.